The summed E-state index contributed by atoms with van der Waals surface area (Å²) in [4.78, 5) is 23.5. The van der Waals surface area contributed by atoms with Crippen LogP contribution in [0.1, 0.15) is 71.1 Å². The maximum atomic E-state index is 11.8. The van der Waals surface area contributed by atoms with Crippen LogP contribution in [0.5, 0.6) is 0 Å². The van der Waals surface area contributed by atoms with Gasteiger partial charge in [-0.05, 0) is 51.4 Å². The second-order valence-corrected chi connectivity index (χ2v) is 6.28. The van der Waals surface area contributed by atoms with E-state index < -0.39 is 0 Å². The van der Waals surface area contributed by atoms with Gasteiger partial charge in [0.25, 0.3) is 0 Å². The topological polar surface area (TPSA) is 34.1 Å². The molecule has 0 aromatic carbocycles. The Morgan fingerprint density at radius 3 is 2.40 bits per heavy atom. The van der Waals surface area contributed by atoms with Crippen LogP contribution < -0.4 is 0 Å². The first-order valence-electron chi connectivity index (χ1n) is 8.03. The number of carbonyl (C=O) groups excluding carboxylic acids is 2. The molecule has 110 valence electrons. The van der Waals surface area contributed by atoms with Crippen LogP contribution in [0.25, 0.3) is 0 Å². The van der Waals surface area contributed by atoms with E-state index in [1.807, 2.05) is 0 Å². The van der Waals surface area contributed by atoms with Crippen LogP contribution in [-0.4, -0.2) is 11.6 Å². The van der Waals surface area contributed by atoms with E-state index >= 15 is 0 Å². The molecular weight excluding hydrogens is 248 g/mol. The first-order valence-corrected chi connectivity index (χ1v) is 8.03. The van der Waals surface area contributed by atoms with Gasteiger partial charge in [0.1, 0.15) is 11.6 Å². The lowest BCUT2D eigenvalue weighted by Gasteiger charge is -2.07. The fraction of sp³-hybridized carbons (Fsp3) is 0.667. The third kappa shape index (κ3) is 5.44. The quantitative estimate of drug-likeness (QED) is 0.658. The van der Waals surface area contributed by atoms with Gasteiger partial charge in [0.15, 0.2) is 0 Å². The number of ketones is 2. The molecule has 0 N–H and O–H groups in total. The van der Waals surface area contributed by atoms with Gasteiger partial charge in [-0.1, -0.05) is 23.3 Å². The number of hydrogen-bond acceptors (Lipinski definition) is 2. The normalized spacial score (nSPS) is 29.1. The third-order valence-electron chi connectivity index (χ3n) is 4.33. The van der Waals surface area contributed by atoms with Crippen molar-refractivity contribution in [1.82, 2.24) is 0 Å². The molecule has 0 heterocycles. The highest BCUT2D eigenvalue weighted by atomic mass is 16.1. The number of Topliss-reactive ketones (excluding diaryl/α,β-unsaturated/α-hetero) is 2. The smallest absolute Gasteiger partial charge is 0.137 e. The van der Waals surface area contributed by atoms with Gasteiger partial charge in [-0.15, -0.1) is 0 Å². The highest BCUT2D eigenvalue weighted by Gasteiger charge is 2.25. The Labute approximate surface area is 122 Å². The molecule has 2 rings (SSSR count). The van der Waals surface area contributed by atoms with E-state index in [0.717, 1.165) is 31.6 Å². The molecule has 0 spiro atoms. The molecule has 0 unspecified atom stereocenters. The van der Waals surface area contributed by atoms with Gasteiger partial charge >= 0.3 is 0 Å². The van der Waals surface area contributed by atoms with Gasteiger partial charge in [0.05, 0.1) is 0 Å². The molecule has 0 atom stereocenters. The van der Waals surface area contributed by atoms with Crippen LogP contribution in [-0.2, 0) is 9.59 Å². The molecule has 1 fully saturated rings. The van der Waals surface area contributed by atoms with Crippen molar-refractivity contribution in [2.24, 2.45) is 5.92 Å². The number of rotatable bonds is 1. The number of allylic oxidation sites excluding steroid dienone is 4. The highest BCUT2D eigenvalue weighted by Crippen LogP contribution is 2.39. The summed E-state index contributed by atoms with van der Waals surface area (Å²) in [5.41, 5.74) is 2.88. The summed E-state index contributed by atoms with van der Waals surface area (Å²) < 4.78 is 0. The maximum Gasteiger partial charge on any atom is 0.137 e. The molecule has 0 aromatic heterocycles. The van der Waals surface area contributed by atoms with E-state index in [-0.39, 0.29) is 11.6 Å². The van der Waals surface area contributed by atoms with Crippen molar-refractivity contribution in [3.8, 4) is 0 Å². The van der Waals surface area contributed by atoms with E-state index in [1.165, 1.54) is 24.0 Å². The lowest BCUT2D eigenvalue weighted by atomic mass is 9.98. The van der Waals surface area contributed by atoms with Crippen molar-refractivity contribution in [3.05, 3.63) is 23.3 Å². The van der Waals surface area contributed by atoms with Crippen LogP contribution in [0.2, 0.25) is 0 Å². The molecule has 2 heteroatoms. The van der Waals surface area contributed by atoms with E-state index in [4.69, 9.17) is 0 Å². The summed E-state index contributed by atoms with van der Waals surface area (Å²) in [5, 5.41) is 0. The van der Waals surface area contributed by atoms with Crippen LogP contribution in [0.4, 0.5) is 0 Å². The Hall–Kier alpha value is -1.18. The van der Waals surface area contributed by atoms with Gasteiger partial charge in [0, 0.05) is 25.7 Å². The molecule has 1 saturated carbocycles. The van der Waals surface area contributed by atoms with Crippen molar-refractivity contribution in [2.45, 2.75) is 71.1 Å². The predicted molar refractivity (Wildman–Crippen MR) is 81.5 cm³/mol. The largest absolute Gasteiger partial charge is 0.300 e. The standard InChI is InChI=1S/C18H26O2/c1-14-4-2-6-15(16-8-9-16)10-11-18(20)13-12-17(19)7-3-5-14/h4,10,16H,2-3,5-9,11-13H2,1H3/b14-4+,15-10-. The summed E-state index contributed by atoms with van der Waals surface area (Å²) >= 11 is 0. The Morgan fingerprint density at radius 1 is 0.900 bits per heavy atom. The Balaban J connectivity index is 1.99. The summed E-state index contributed by atoms with van der Waals surface area (Å²) in [7, 11) is 0. The van der Waals surface area contributed by atoms with Gasteiger partial charge < -0.3 is 0 Å². The minimum atomic E-state index is 0.222. The van der Waals surface area contributed by atoms with Gasteiger partial charge in [-0.3, -0.25) is 9.59 Å². The molecule has 0 bridgehead atoms. The second kappa shape index (κ2) is 7.56. The molecule has 0 aliphatic heterocycles. The van der Waals surface area contributed by atoms with Crippen LogP contribution in [0.15, 0.2) is 23.3 Å². The number of hydrogen-bond donors (Lipinski definition) is 0. The zero-order valence-electron chi connectivity index (χ0n) is 12.6. The van der Waals surface area contributed by atoms with Crippen molar-refractivity contribution in [2.75, 3.05) is 0 Å². The predicted octanol–water partition coefficient (Wildman–Crippen LogP) is 4.54. The van der Waals surface area contributed by atoms with Crippen molar-refractivity contribution < 1.29 is 9.59 Å². The lowest BCUT2D eigenvalue weighted by molar-refractivity contribution is -0.123. The molecule has 2 nitrogen and oxygen atoms in total. The first kappa shape index (κ1) is 15.2. The van der Waals surface area contributed by atoms with Crippen LogP contribution >= 0.6 is 0 Å². The lowest BCUT2D eigenvalue weighted by Crippen LogP contribution is -2.04. The second-order valence-electron chi connectivity index (χ2n) is 6.28. The van der Waals surface area contributed by atoms with Crippen LogP contribution in [0.3, 0.4) is 0 Å². The zero-order valence-corrected chi connectivity index (χ0v) is 12.6. The highest BCUT2D eigenvalue weighted by molar-refractivity contribution is 5.86. The summed E-state index contributed by atoms with van der Waals surface area (Å²) in [5.74, 6) is 1.21. The summed E-state index contributed by atoms with van der Waals surface area (Å²) in [6.45, 7) is 2.17. The molecule has 2 aliphatic carbocycles. The first-order chi connectivity index (χ1) is 9.65. The molecular formula is C18H26O2. The Morgan fingerprint density at radius 2 is 1.65 bits per heavy atom. The molecule has 0 saturated heterocycles. The summed E-state index contributed by atoms with van der Waals surface area (Å²) in [6, 6.07) is 0. The van der Waals surface area contributed by atoms with Crippen molar-refractivity contribution in [3.63, 3.8) is 0 Å². The molecule has 0 radical (unpaired) electrons. The minimum absolute atomic E-state index is 0.222. The van der Waals surface area contributed by atoms with E-state index in [9.17, 15) is 9.59 Å². The molecule has 20 heavy (non-hydrogen) atoms. The van der Waals surface area contributed by atoms with Crippen molar-refractivity contribution in [1.29, 1.82) is 0 Å². The third-order valence-corrected chi connectivity index (χ3v) is 4.33. The average Bonchev–Trinajstić information content (AvgIpc) is 3.24. The monoisotopic (exact) mass is 274 g/mol. The SMILES string of the molecule is C/C1=C\CC/C(C2CC2)=C/CC(=O)CCC(=O)CCC1. The fourth-order valence-corrected chi connectivity index (χ4v) is 2.83. The average molecular weight is 274 g/mol. The zero-order chi connectivity index (χ0) is 14.4. The maximum absolute atomic E-state index is 11.8. The summed E-state index contributed by atoms with van der Waals surface area (Å²) in [6.07, 6.45) is 13.2. The van der Waals surface area contributed by atoms with Gasteiger partial charge in [-0.25, -0.2) is 0 Å². The Bertz CT molecular complexity index is 425. The molecule has 0 amide bonds. The minimum Gasteiger partial charge on any atom is -0.300 e. The van der Waals surface area contributed by atoms with E-state index in [2.05, 4.69) is 19.1 Å². The van der Waals surface area contributed by atoms with E-state index in [1.54, 1.807) is 0 Å². The van der Waals surface area contributed by atoms with Gasteiger partial charge in [-0.2, -0.15) is 0 Å². The van der Waals surface area contributed by atoms with Crippen molar-refractivity contribution >= 4 is 11.6 Å². The van der Waals surface area contributed by atoms with E-state index in [0.29, 0.717) is 25.7 Å². The Kier molecular flexibility index (Phi) is 5.75. The molecule has 2 aliphatic rings. The fourth-order valence-electron chi connectivity index (χ4n) is 2.83. The molecule has 0 aromatic rings. The van der Waals surface area contributed by atoms with Crippen LogP contribution in [0, 0.1) is 5.92 Å². The van der Waals surface area contributed by atoms with Gasteiger partial charge in [0.2, 0.25) is 0 Å². The number of carbonyl (C=O) groups is 2.